The second kappa shape index (κ2) is 7.60. The number of halogens is 3. The Morgan fingerprint density at radius 3 is 2.53 bits per heavy atom. The van der Waals surface area contributed by atoms with Crippen molar-refractivity contribution in [3.05, 3.63) is 76.5 Å². The Morgan fingerprint density at radius 2 is 1.87 bits per heavy atom. The van der Waals surface area contributed by atoms with Crippen molar-refractivity contribution in [2.75, 3.05) is 6.54 Å². The van der Waals surface area contributed by atoms with Crippen LogP contribution in [0.25, 0.3) is 11.3 Å². The van der Waals surface area contributed by atoms with Crippen LogP contribution in [0.4, 0.5) is 13.2 Å². The number of fused-ring (bicyclic) bond motifs is 1. The average molecular weight is 414 g/mol. The van der Waals surface area contributed by atoms with Gasteiger partial charge in [-0.1, -0.05) is 35.9 Å². The van der Waals surface area contributed by atoms with Gasteiger partial charge >= 0.3 is 6.18 Å². The molecule has 0 spiro atoms. The van der Waals surface area contributed by atoms with Gasteiger partial charge in [-0.25, -0.2) is 4.68 Å². The summed E-state index contributed by atoms with van der Waals surface area (Å²) in [6, 6.07) is 12.8. The van der Waals surface area contributed by atoms with E-state index in [9.17, 15) is 18.0 Å². The van der Waals surface area contributed by atoms with E-state index >= 15 is 0 Å². The summed E-state index contributed by atoms with van der Waals surface area (Å²) < 4.78 is 39.8. The van der Waals surface area contributed by atoms with E-state index < -0.39 is 11.7 Å². The molecule has 156 valence electrons. The molecule has 1 aromatic heterocycles. The molecule has 0 unspecified atom stereocenters. The SMILES string of the molecule is Cc1ccc(-c2cc3n(n2)[C@H](NCc2ccc(C(F)(F)F)cc2)CNC3=O)c(C)c1. The van der Waals surface area contributed by atoms with Crippen molar-refractivity contribution in [3.63, 3.8) is 0 Å². The minimum atomic E-state index is -4.35. The molecule has 0 aliphatic carbocycles. The second-order valence-corrected chi connectivity index (χ2v) is 7.48. The topological polar surface area (TPSA) is 59.0 Å². The molecule has 8 heteroatoms. The van der Waals surface area contributed by atoms with Gasteiger partial charge in [-0.3, -0.25) is 10.1 Å². The standard InChI is InChI=1S/C22H21F3N4O/c1-13-3-8-17(14(2)9-13)18-10-19-21(30)27-12-20(29(19)28-18)26-11-15-4-6-16(7-5-15)22(23,24)25/h3-10,20,26H,11-12H2,1-2H3,(H,27,30)/t20-/m0/s1. The smallest absolute Gasteiger partial charge is 0.347 e. The largest absolute Gasteiger partial charge is 0.416 e. The molecule has 0 saturated heterocycles. The molecule has 5 nitrogen and oxygen atoms in total. The summed E-state index contributed by atoms with van der Waals surface area (Å²) in [5.41, 5.74) is 4.36. The Bertz CT molecular complexity index is 1090. The first kappa shape index (κ1) is 20.2. The van der Waals surface area contributed by atoms with Crippen molar-refractivity contribution < 1.29 is 18.0 Å². The molecule has 2 aromatic carbocycles. The Balaban J connectivity index is 1.55. The van der Waals surface area contributed by atoms with Crippen LogP contribution >= 0.6 is 0 Å². The number of aryl methyl sites for hydroxylation is 2. The minimum Gasteiger partial charge on any atom is -0.347 e. The molecule has 2 N–H and O–H groups in total. The van der Waals surface area contributed by atoms with Gasteiger partial charge in [-0.2, -0.15) is 18.3 Å². The monoisotopic (exact) mass is 414 g/mol. The fourth-order valence-electron chi connectivity index (χ4n) is 3.61. The third kappa shape index (κ3) is 3.95. The van der Waals surface area contributed by atoms with Gasteiger partial charge in [0.25, 0.3) is 5.91 Å². The minimum absolute atomic E-state index is 0.203. The van der Waals surface area contributed by atoms with E-state index in [1.807, 2.05) is 26.0 Å². The maximum absolute atomic E-state index is 12.7. The average Bonchev–Trinajstić information content (AvgIpc) is 3.13. The summed E-state index contributed by atoms with van der Waals surface area (Å²) in [6.45, 7) is 4.70. The van der Waals surface area contributed by atoms with E-state index in [0.717, 1.165) is 28.8 Å². The van der Waals surface area contributed by atoms with Gasteiger partial charge in [0.15, 0.2) is 0 Å². The van der Waals surface area contributed by atoms with Crippen LogP contribution in [-0.4, -0.2) is 22.2 Å². The molecule has 0 bridgehead atoms. The highest BCUT2D eigenvalue weighted by Gasteiger charge is 2.30. The molecule has 0 radical (unpaired) electrons. The summed E-state index contributed by atoms with van der Waals surface area (Å²) in [4.78, 5) is 12.3. The fourth-order valence-corrected chi connectivity index (χ4v) is 3.61. The lowest BCUT2D eigenvalue weighted by atomic mass is 10.0. The Labute approximate surface area is 171 Å². The van der Waals surface area contributed by atoms with Crippen LogP contribution in [0.3, 0.4) is 0 Å². The van der Waals surface area contributed by atoms with Gasteiger partial charge < -0.3 is 5.32 Å². The predicted octanol–water partition coefficient (Wildman–Crippen LogP) is 4.22. The number of amides is 1. The number of aromatic nitrogens is 2. The predicted molar refractivity (Wildman–Crippen MR) is 107 cm³/mol. The molecule has 1 aliphatic rings. The number of nitrogens with one attached hydrogen (secondary N) is 2. The third-order valence-electron chi connectivity index (χ3n) is 5.20. The van der Waals surface area contributed by atoms with Crippen LogP contribution in [0.5, 0.6) is 0 Å². The lowest BCUT2D eigenvalue weighted by Gasteiger charge is -2.26. The normalized spacial score (nSPS) is 16.3. The van der Waals surface area contributed by atoms with Gasteiger partial charge in [0.2, 0.25) is 0 Å². The zero-order chi connectivity index (χ0) is 21.5. The highest BCUT2D eigenvalue weighted by molar-refractivity contribution is 5.94. The van der Waals surface area contributed by atoms with Gasteiger partial charge in [0.05, 0.1) is 17.8 Å². The van der Waals surface area contributed by atoms with Gasteiger partial charge in [-0.15, -0.1) is 0 Å². The molecule has 1 aliphatic heterocycles. The first-order valence-electron chi connectivity index (χ1n) is 9.57. The van der Waals surface area contributed by atoms with E-state index in [2.05, 4.69) is 21.8 Å². The second-order valence-electron chi connectivity index (χ2n) is 7.48. The zero-order valence-electron chi connectivity index (χ0n) is 16.5. The lowest BCUT2D eigenvalue weighted by Crippen LogP contribution is -2.45. The summed E-state index contributed by atoms with van der Waals surface area (Å²) in [5.74, 6) is -0.203. The van der Waals surface area contributed by atoms with E-state index in [1.165, 1.54) is 12.1 Å². The summed E-state index contributed by atoms with van der Waals surface area (Å²) in [5, 5.41) is 10.7. The number of carbonyl (C=O) groups is 1. The molecular formula is C22H21F3N4O. The molecule has 2 heterocycles. The number of nitrogens with zero attached hydrogens (tertiary/aromatic N) is 2. The van der Waals surface area contributed by atoms with Crippen molar-refractivity contribution in [1.82, 2.24) is 20.4 Å². The fraction of sp³-hybridized carbons (Fsp3) is 0.273. The Morgan fingerprint density at radius 1 is 1.13 bits per heavy atom. The van der Waals surface area contributed by atoms with E-state index in [1.54, 1.807) is 10.7 Å². The van der Waals surface area contributed by atoms with Crippen LogP contribution < -0.4 is 10.6 Å². The first-order valence-corrected chi connectivity index (χ1v) is 9.57. The van der Waals surface area contributed by atoms with Crippen molar-refractivity contribution >= 4 is 5.91 Å². The zero-order valence-corrected chi connectivity index (χ0v) is 16.5. The third-order valence-corrected chi connectivity index (χ3v) is 5.20. The lowest BCUT2D eigenvalue weighted by molar-refractivity contribution is -0.137. The number of carbonyl (C=O) groups excluding carboxylic acids is 1. The maximum atomic E-state index is 12.7. The van der Waals surface area contributed by atoms with Crippen LogP contribution in [0, 0.1) is 13.8 Å². The van der Waals surface area contributed by atoms with Crippen LogP contribution in [0.2, 0.25) is 0 Å². The van der Waals surface area contributed by atoms with Crippen LogP contribution in [0.15, 0.2) is 48.5 Å². The van der Waals surface area contributed by atoms with E-state index in [0.29, 0.717) is 30.0 Å². The van der Waals surface area contributed by atoms with Crippen molar-refractivity contribution in [1.29, 1.82) is 0 Å². The first-order chi connectivity index (χ1) is 14.2. The molecular weight excluding hydrogens is 393 g/mol. The Kier molecular flexibility index (Phi) is 5.11. The van der Waals surface area contributed by atoms with Crippen molar-refractivity contribution in [3.8, 4) is 11.3 Å². The quantitative estimate of drug-likeness (QED) is 0.672. The number of hydrogen-bond donors (Lipinski definition) is 2. The summed E-state index contributed by atoms with van der Waals surface area (Å²) >= 11 is 0. The number of rotatable bonds is 4. The van der Waals surface area contributed by atoms with E-state index in [4.69, 9.17) is 0 Å². The van der Waals surface area contributed by atoms with E-state index in [-0.39, 0.29) is 12.1 Å². The van der Waals surface area contributed by atoms with Crippen LogP contribution in [-0.2, 0) is 12.7 Å². The van der Waals surface area contributed by atoms with Crippen LogP contribution in [0.1, 0.15) is 38.9 Å². The van der Waals surface area contributed by atoms with Gasteiger partial charge in [0, 0.05) is 12.1 Å². The Hall–Kier alpha value is -3.13. The number of benzene rings is 2. The van der Waals surface area contributed by atoms with Crippen molar-refractivity contribution in [2.24, 2.45) is 0 Å². The summed E-state index contributed by atoms with van der Waals surface area (Å²) in [6.07, 6.45) is -4.66. The van der Waals surface area contributed by atoms with Gasteiger partial charge in [-0.05, 0) is 43.2 Å². The molecule has 4 rings (SSSR count). The molecule has 0 fully saturated rings. The molecule has 3 aromatic rings. The number of hydrogen-bond acceptors (Lipinski definition) is 3. The van der Waals surface area contributed by atoms with Crippen molar-refractivity contribution in [2.45, 2.75) is 32.7 Å². The summed E-state index contributed by atoms with van der Waals surface area (Å²) in [7, 11) is 0. The van der Waals surface area contributed by atoms with Gasteiger partial charge in [0.1, 0.15) is 11.9 Å². The molecule has 0 saturated carbocycles. The number of alkyl halides is 3. The highest BCUT2D eigenvalue weighted by atomic mass is 19.4. The maximum Gasteiger partial charge on any atom is 0.416 e. The molecule has 1 atom stereocenters. The molecule has 30 heavy (non-hydrogen) atoms. The molecule has 1 amide bonds. The highest BCUT2D eigenvalue weighted by Crippen LogP contribution is 2.29.